The van der Waals surface area contributed by atoms with Gasteiger partial charge >= 0.3 is 0 Å². The summed E-state index contributed by atoms with van der Waals surface area (Å²) in [5.41, 5.74) is 9.39. The molecule has 1 fully saturated rings. The molecule has 9 heteroatoms. The minimum Gasteiger partial charge on any atom is -0.367 e. The van der Waals surface area contributed by atoms with Crippen molar-refractivity contribution < 1.29 is 9.59 Å². The molecule has 1 unspecified atom stereocenters. The smallest absolute Gasteiger partial charge is 0.270 e. The highest BCUT2D eigenvalue weighted by molar-refractivity contribution is 5.92. The van der Waals surface area contributed by atoms with Crippen molar-refractivity contribution in [2.24, 2.45) is 5.73 Å². The molecule has 4 N–H and O–H groups in total. The molecule has 2 aromatic rings. The number of benzene rings is 1. The van der Waals surface area contributed by atoms with E-state index in [9.17, 15) is 9.59 Å². The third-order valence-corrected chi connectivity index (χ3v) is 6.42. The van der Waals surface area contributed by atoms with Gasteiger partial charge in [0.05, 0.1) is 0 Å². The molecule has 2 amide bonds. The Kier molecular flexibility index (Phi) is 7.51. The molecule has 0 radical (unpaired) electrons. The van der Waals surface area contributed by atoms with Crippen molar-refractivity contribution >= 4 is 17.6 Å². The minimum atomic E-state index is -0.258. The number of likely N-dealkylation sites (tertiary alicyclic amines) is 1. The lowest BCUT2D eigenvalue weighted by molar-refractivity contribution is -0.129. The first-order valence-electron chi connectivity index (χ1n) is 11.6. The van der Waals surface area contributed by atoms with Crippen LogP contribution < -0.4 is 16.4 Å². The van der Waals surface area contributed by atoms with E-state index in [4.69, 9.17) is 5.73 Å². The lowest BCUT2D eigenvalue weighted by Crippen LogP contribution is -2.46. The molecule has 2 aliphatic rings. The van der Waals surface area contributed by atoms with Crippen LogP contribution in [-0.2, 0) is 17.8 Å². The van der Waals surface area contributed by atoms with E-state index >= 15 is 0 Å². The van der Waals surface area contributed by atoms with Gasteiger partial charge in [-0.05, 0) is 30.4 Å². The third-order valence-electron chi connectivity index (χ3n) is 6.42. The van der Waals surface area contributed by atoms with E-state index in [1.165, 1.54) is 17.5 Å². The van der Waals surface area contributed by atoms with Crippen molar-refractivity contribution in [1.82, 2.24) is 25.1 Å². The van der Waals surface area contributed by atoms with E-state index < -0.39 is 0 Å². The van der Waals surface area contributed by atoms with Crippen molar-refractivity contribution in [1.29, 1.82) is 0 Å². The maximum atomic E-state index is 12.6. The molecule has 9 nitrogen and oxygen atoms in total. The van der Waals surface area contributed by atoms with E-state index in [0.29, 0.717) is 18.1 Å². The lowest BCUT2D eigenvalue weighted by atomic mass is 9.99. The van der Waals surface area contributed by atoms with Gasteiger partial charge in [0.25, 0.3) is 5.91 Å². The number of nitrogens with zero attached hydrogens (tertiary/aromatic N) is 4. The summed E-state index contributed by atoms with van der Waals surface area (Å²) in [4.78, 5) is 36.7. The second-order valence-corrected chi connectivity index (χ2v) is 8.94. The summed E-state index contributed by atoms with van der Waals surface area (Å²) in [6.45, 7) is 6.03. The van der Waals surface area contributed by atoms with Crippen LogP contribution in [0.25, 0.3) is 0 Å². The predicted octanol–water partition coefficient (Wildman–Crippen LogP) is 1.01. The Balaban J connectivity index is 1.23. The highest BCUT2D eigenvalue weighted by Gasteiger charge is 2.22. The van der Waals surface area contributed by atoms with Crippen molar-refractivity contribution in [2.75, 3.05) is 38.0 Å². The van der Waals surface area contributed by atoms with Crippen LogP contribution in [0, 0.1) is 0 Å². The highest BCUT2D eigenvalue weighted by Crippen LogP contribution is 2.18. The van der Waals surface area contributed by atoms with Crippen molar-refractivity contribution in [3.05, 3.63) is 53.5 Å². The van der Waals surface area contributed by atoms with Crippen LogP contribution in [-0.4, -0.2) is 76.4 Å². The molecule has 4 rings (SSSR count). The summed E-state index contributed by atoms with van der Waals surface area (Å²) in [7, 11) is 0. The topological polar surface area (TPSA) is 116 Å². The number of nitrogens with two attached hydrogens (primary N) is 1. The zero-order valence-electron chi connectivity index (χ0n) is 19.2. The quantitative estimate of drug-likeness (QED) is 0.575. The second-order valence-electron chi connectivity index (χ2n) is 8.94. The normalized spacial score (nSPS) is 17.8. The summed E-state index contributed by atoms with van der Waals surface area (Å²) in [6.07, 6.45) is 4.12. The minimum absolute atomic E-state index is 0.109. The number of amides is 2. The molecule has 1 aromatic heterocycles. The van der Waals surface area contributed by atoms with Gasteiger partial charge in [-0.1, -0.05) is 24.3 Å². The maximum Gasteiger partial charge on any atom is 0.270 e. The molecule has 1 aromatic carbocycles. The number of carbonyl (C=O) groups is 2. The van der Waals surface area contributed by atoms with Gasteiger partial charge in [-0.2, -0.15) is 0 Å². The third kappa shape index (κ3) is 6.27. The molecule has 1 saturated heterocycles. The Morgan fingerprint density at radius 1 is 1.15 bits per heavy atom. The Morgan fingerprint density at radius 3 is 2.67 bits per heavy atom. The number of rotatable bonds is 7. The number of aromatic nitrogens is 2. The summed E-state index contributed by atoms with van der Waals surface area (Å²) >= 11 is 0. The van der Waals surface area contributed by atoms with E-state index in [2.05, 4.69) is 49.8 Å². The number of nitrogens with one attached hydrogen (secondary N) is 2. The predicted molar refractivity (Wildman–Crippen MR) is 127 cm³/mol. The Bertz CT molecular complexity index is 975. The SMILES string of the molecule is CC(=O)N1CCC(Nc2cc(C(=O)NCC(N)CN3CCc4ccccc4C3)ncn2)CC1. The van der Waals surface area contributed by atoms with Crippen LogP contribution in [0.1, 0.15) is 41.4 Å². The van der Waals surface area contributed by atoms with Gasteiger partial charge in [0, 0.05) is 64.3 Å². The average molecular weight is 452 g/mol. The molecule has 0 saturated carbocycles. The first-order valence-corrected chi connectivity index (χ1v) is 11.6. The number of piperidine rings is 1. The summed E-state index contributed by atoms with van der Waals surface area (Å²) in [5.74, 6) is 0.469. The summed E-state index contributed by atoms with van der Waals surface area (Å²) in [6, 6.07) is 10.2. The molecule has 33 heavy (non-hydrogen) atoms. The van der Waals surface area contributed by atoms with Crippen LogP contribution in [0.15, 0.2) is 36.7 Å². The fourth-order valence-electron chi connectivity index (χ4n) is 4.53. The molecule has 1 atom stereocenters. The first kappa shape index (κ1) is 23.1. The zero-order chi connectivity index (χ0) is 23.2. The van der Waals surface area contributed by atoms with Gasteiger partial charge in [0.2, 0.25) is 5.91 Å². The van der Waals surface area contributed by atoms with Gasteiger partial charge in [-0.25, -0.2) is 9.97 Å². The van der Waals surface area contributed by atoms with Crippen molar-refractivity contribution in [2.45, 2.75) is 44.8 Å². The molecule has 0 spiro atoms. The number of carbonyl (C=O) groups excluding carboxylic acids is 2. The van der Waals surface area contributed by atoms with Crippen molar-refractivity contribution in [3.8, 4) is 0 Å². The number of fused-ring (bicyclic) bond motifs is 1. The maximum absolute atomic E-state index is 12.6. The van der Waals surface area contributed by atoms with Crippen LogP contribution in [0.5, 0.6) is 0 Å². The molecule has 0 bridgehead atoms. The van der Waals surface area contributed by atoms with E-state index in [1.54, 1.807) is 13.0 Å². The van der Waals surface area contributed by atoms with Gasteiger partial charge in [-0.3, -0.25) is 14.5 Å². The van der Waals surface area contributed by atoms with Crippen molar-refractivity contribution in [3.63, 3.8) is 0 Å². The molecular formula is C24H33N7O2. The second kappa shape index (κ2) is 10.7. The van der Waals surface area contributed by atoms with E-state index in [1.807, 2.05) is 4.90 Å². The largest absolute Gasteiger partial charge is 0.367 e. The van der Waals surface area contributed by atoms with Gasteiger partial charge in [-0.15, -0.1) is 0 Å². The van der Waals surface area contributed by atoms with Crippen LogP contribution >= 0.6 is 0 Å². The average Bonchev–Trinajstić information content (AvgIpc) is 2.83. The molecule has 3 heterocycles. The highest BCUT2D eigenvalue weighted by atomic mass is 16.2. The van der Waals surface area contributed by atoms with Gasteiger partial charge in [0.1, 0.15) is 17.8 Å². The standard InChI is InChI=1S/C24H33N7O2/c1-17(32)31-10-7-21(8-11-31)29-23-12-22(27-16-28-23)24(33)26-13-20(25)15-30-9-6-18-4-2-3-5-19(18)14-30/h2-5,12,16,20-21H,6-11,13-15,25H2,1H3,(H,26,33)(H,27,28,29). The van der Waals surface area contributed by atoms with Gasteiger partial charge in [0.15, 0.2) is 0 Å². The fourth-order valence-corrected chi connectivity index (χ4v) is 4.53. The van der Waals surface area contributed by atoms with E-state index in [-0.39, 0.29) is 23.9 Å². The molecule has 0 aliphatic carbocycles. The van der Waals surface area contributed by atoms with Crippen LogP contribution in [0.4, 0.5) is 5.82 Å². The Hall–Kier alpha value is -3.04. The Morgan fingerprint density at radius 2 is 1.91 bits per heavy atom. The molecule has 2 aliphatic heterocycles. The molecular weight excluding hydrogens is 418 g/mol. The number of hydrogen-bond donors (Lipinski definition) is 3. The molecule has 176 valence electrons. The fraction of sp³-hybridized carbons (Fsp3) is 0.500. The monoisotopic (exact) mass is 451 g/mol. The summed E-state index contributed by atoms with van der Waals surface area (Å²) in [5, 5.41) is 6.27. The summed E-state index contributed by atoms with van der Waals surface area (Å²) < 4.78 is 0. The van der Waals surface area contributed by atoms with E-state index in [0.717, 1.165) is 52.0 Å². The Labute approximate surface area is 194 Å². The van der Waals surface area contributed by atoms with Crippen LogP contribution in [0.2, 0.25) is 0 Å². The van der Waals surface area contributed by atoms with Gasteiger partial charge < -0.3 is 21.3 Å². The number of anilines is 1. The zero-order valence-corrected chi connectivity index (χ0v) is 19.2. The number of hydrogen-bond acceptors (Lipinski definition) is 7. The van der Waals surface area contributed by atoms with Crippen LogP contribution in [0.3, 0.4) is 0 Å². The first-order chi connectivity index (χ1) is 16.0. The lowest BCUT2D eigenvalue weighted by Gasteiger charge is -2.32.